The van der Waals surface area contributed by atoms with E-state index >= 15 is 0 Å². The molecule has 0 radical (unpaired) electrons. The Bertz CT molecular complexity index is 519. The molecule has 0 spiro atoms. The van der Waals surface area contributed by atoms with Gasteiger partial charge in [-0.25, -0.2) is 19.2 Å². The zero-order valence-electron chi connectivity index (χ0n) is 13.2. The van der Waals surface area contributed by atoms with Crippen molar-refractivity contribution in [1.29, 1.82) is 0 Å². The van der Waals surface area contributed by atoms with E-state index in [1.165, 1.54) is 13.8 Å². The molecule has 2 N–H and O–H groups in total. The average Bonchev–Trinajstić information content (AvgIpc) is 2.47. The first-order chi connectivity index (χ1) is 10.7. The Labute approximate surface area is 132 Å². The standard InChI is InChI=1S/C14H18O9/c1-5-21-9(11(15)16)7(3)13(19)23-14(20)8(4)10(12(17)18)22-6-2/h5-6H2,1-4H3,(H,15,16)(H,17,18). The van der Waals surface area contributed by atoms with Crippen LogP contribution in [0.25, 0.3) is 0 Å². The first-order valence-electron chi connectivity index (χ1n) is 6.57. The van der Waals surface area contributed by atoms with E-state index in [9.17, 15) is 19.2 Å². The molecule has 0 fully saturated rings. The Morgan fingerprint density at radius 3 is 1.26 bits per heavy atom. The molecule has 0 aromatic rings. The largest absolute Gasteiger partial charge is 0.486 e. The number of carbonyl (C=O) groups is 4. The number of hydrogen-bond acceptors (Lipinski definition) is 7. The van der Waals surface area contributed by atoms with Crippen LogP contribution in [-0.4, -0.2) is 47.3 Å². The van der Waals surface area contributed by atoms with Gasteiger partial charge >= 0.3 is 23.9 Å². The summed E-state index contributed by atoms with van der Waals surface area (Å²) >= 11 is 0. The van der Waals surface area contributed by atoms with Crippen molar-refractivity contribution in [1.82, 2.24) is 0 Å². The zero-order chi connectivity index (χ0) is 18.2. The molecular weight excluding hydrogens is 312 g/mol. The number of ether oxygens (including phenoxy) is 3. The van der Waals surface area contributed by atoms with Gasteiger partial charge in [-0.15, -0.1) is 0 Å². The summed E-state index contributed by atoms with van der Waals surface area (Å²) in [5, 5.41) is 17.8. The van der Waals surface area contributed by atoms with Crippen LogP contribution in [0.2, 0.25) is 0 Å². The predicted octanol–water partition coefficient (Wildman–Crippen LogP) is 0.846. The average molecular weight is 330 g/mol. The summed E-state index contributed by atoms with van der Waals surface area (Å²) in [7, 11) is 0. The number of rotatable bonds is 8. The maximum absolute atomic E-state index is 11.8. The molecule has 0 saturated carbocycles. The summed E-state index contributed by atoms with van der Waals surface area (Å²) in [6.45, 7) is 5.23. The summed E-state index contributed by atoms with van der Waals surface area (Å²) in [6, 6.07) is 0. The van der Waals surface area contributed by atoms with E-state index in [1.807, 2.05) is 0 Å². The molecule has 0 aliphatic rings. The molecule has 0 heterocycles. The van der Waals surface area contributed by atoms with Gasteiger partial charge in [-0.05, 0) is 27.7 Å². The monoisotopic (exact) mass is 330 g/mol. The van der Waals surface area contributed by atoms with E-state index in [0.717, 1.165) is 13.8 Å². The van der Waals surface area contributed by atoms with Crippen molar-refractivity contribution in [3.05, 3.63) is 22.7 Å². The van der Waals surface area contributed by atoms with Crippen LogP contribution in [0.3, 0.4) is 0 Å². The lowest BCUT2D eigenvalue weighted by molar-refractivity contribution is -0.155. The Balaban J connectivity index is 5.41. The van der Waals surface area contributed by atoms with Crippen molar-refractivity contribution >= 4 is 23.9 Å². The molecule has 9 nitrogen and oxygen atoms in total. The van der Waals surface area contributed by atoms with E-state index in [4.69, 9.17) is 19.7 Å². The molecule has 0 saturated heterocycles. The Hall–Kier alpha value is -2.84. The minimum atomic E-state index is -1.50. The maximum Gasteiger partial charge on any atom is 0.371 e. The van der Waals surface area contributed by atoms with E-state index in [1.54, 1.807) is 0 Å². The molecule has 0 amide bonds. The van der Waals surface area contributed by atoms with Gasteiger partial charge in [0, 0.05) is 0 Å². The highest BCUT2D eigenvalue weighted by Crippen LogP contribution is 2.13. The van der Waals surface area contributed by atoms with Gasteiger partial charge in [-0.2, -0.15) is 0 Å². The molecule has 0 rings (SSSR count). The van der Waals surface area contributed by atoms with Crippen LogP contribution < -0.4 is 0 Å². The highest BCUT2D eigenvalue weighted by atomic mass is 16.6. The van der Waals surface area contributed by atoms with E-state index in [-0.39, 0.29) is 13.2 Å². The van der Waals surface area contributed by atoms with Gasteiger partial charge in [-0.1, -0.05) is 0 Å². The maximum atomic E-state index is 11.8. The lowest BCUT2D eigenvalue weighted by atomic mass is 10.2. The fourth-order valence-corrected chi connectivity index (χ4v) is 1.37. The molecule has 0 aromatic carbocycles. The van der Waals surface area contributed by atoms with Crippen LogP contribution in [0.4, 0.5) is 0 Å². The summed E-state index contributed by atoms with van der Waals surface area (Å²) in [5.41, 5.74) is -0.873. The van der Waals surface area contributed by atoms with Gasteiger partial charge in [-0.3, -0.25) is 0 Å². The van der Waals surface area contributed by atoms with Crippen LogP contribution >= 0.6 is 0 Å². The quantitative estimate of drug-likeness (QED) is 0.287. The van der Waals surface area contributed by atoms with Gasteiger partial charge in [0.05, 0.1) is 24.4 Å². The molecule has 0 unspecified atom stereocenters. The van der Waals surface area contributed by atoms with Gasteiger partial charge < -0.3 is 24.4 Å². The van der Waals surface area contributed by atoms with E-state index in [2.05, 4.69) is 4.74 Å². The summed E-state index contributed by atoms with van der Waals surface area (Å²) in [4.78, 5) is 45.5. The number of hydrogen-bond donors (Lipinski definition) is 2. The van der Waals surface area contributed by atoms with Crippen LogP contribution in [0.5, 0.6) is 0 Å². The van der Waals surface area contributed by atoms with Crippen molar-refractivity contribution in [2.75, 3.05) is 13.2 Å². The van der Waals surface area contributed by atoms with Crippen molar-refractivity contribution in [3.8, 4) is 0 Å². The Morgan fingerprint density at radius 1 is 0.739 bits per heavy atom. The summed E-state index contributed by atoms with van der Waals surface area (Å²) in [6.07, 6.45) is 0. The number of carbonyl (C=O) groups excluding carboxylic acids is 2. The summed E-state index contributed by atoms with van der Waals surface area (Å²) in [5.74, 6) is -6.84. The molecule has 0 aromatic heterocycles. The van der Waals surface area contributed by atoms with E-state index in [0.29, 0.717) is 0 Å². The zero-order valence-corrected chi connectivity index (χ0v) is 13.2. The van der Waals surface area contributed by atoms with E-state index < -0.39 is 46.5 Å². The third kappa shape index (κ3) is 5.81. The number of aliphatic carboxylic acids is 2. The second kappa shape index (κ2) is 9.23. The lowest BCUT2D eigenvalue weighted by Crippen LogP contribution is -2.20. The van der Waals surface area contributed by atoms with Crippen LogP contribution in [0.15, 0.2) is 22.7 Å². The second-order valence-electron chi connectivity index (χ2n) is 4.06. The molecule has 128 valence electrons. The van der Waals surface area contributed by atoms with Crippen LogP contribution in [0, 0.1) is 0 Å². The van der Waals surface area contributed by atoms with Crippen LogP contribution in [0.1, 0.15) is 27.7 Å². The third-order valence-corrected chi connectivity index (χ3v) is 2.44. The fourth-order valence-electron chi connectivity index (χ4n) is 1.37. The molecular formula is C14H18O9. The fraction of sp³-hybridized carbons (Fsp3) is 0.429. The molecule has 0 aliphatic carbocycles. The van der Waals surface area contributed by atoms with Gasteiger partial charge in [0.1, 0.15) is 0 Å². The van der Waals surface area contributed by atoms with Crippen molar-refractivity contribution in [3.63, 3.8) is 0 Å². The molecule has 9 heteroatoms. The predicted molar refractivity (Wildman–Crippen MR) is 75.0 cm³/mol. The van der Waals surface area contributed by atoms with Gasteiger partial charge in [0.25, 0.3) is 0 Å². The van der Waals surface area contributed by atoms with Crippen molar-refractivity contribution < 1.29 is 43.6 Å². The normalized spacial score (nSPS) is 12.5. The number of carboxylic acids is 2. The number of esters is 2. The van der Waals surface area contributed by atoms with Gasteiger partial charge in [0.2, 0.25) is 11.5 Å². The third-order valence-electron chi connectivity index (χ3n) is 2.44. The first-order valence-corrected chi connectivity index (χ1v) is 6.57. The molecule has 0 aliphatic heterocycles. The smallest absolute Gasteiger partial charge is 0.371 e. The Morgan fingerprint density at radius 2 is 1.04 bits per heavy atom. The second-order valence-corrected chi connectivity index (χ2v) is 4.06. The first kappa shape index (κ1) is 20.2. The highest BCUT2D eigenvalue weighted by Gasteiger charge is 2.25. The molecule has 23 heavy (non-hydrogen) atoms. The Kier molecular flexibility index (Phi) is 8.09. The highest BCUT2D eigenvalue weighted by molar-refractivity contribution is 6.06. The van der Waals surface area contributed by atoms with Crippen molar-refractivity contribution in [2.45, 2.75) is 27.7 Å². The minimum Gasteiger partial charge on any atom is -0.486 e. The topological polar surface area (TPSA) is 136 Å². The molecule has 0 atom stereocenters. The molecule has 0 bridgehead atoms. The summed E-state index contributed by atoms with van der Waals surface area (Å²) < 4.78 is 14.0. The number of carboxylic acid groups (broad SMARTS) is 2. The van der Waals surface area contributed by atoms with Gasteiger partial charge in [0.15, 0.2) is 0 Å². The minimum absolute atomic E-state index is 0.00731. The van der Waals surface area contributed by atoms with Crippen LogP contribution in [-0.2, 0) is 33.4 Å². The van der Waals surface area contributed by atoms with Crippen molar-refractivity contribution in [2.24, 2.45) is 0 Å². The SMILES string of the molecule is CCOC(C(=O)O)=C(C)C(=O)OC(=O)C(C)=C(OCC)C(=O)O. The lowest BCUT2D eigenvalue weighted by Gasteiger charge is -2.10.